The summed E-state index contributed by atoms with van der Waals surface area (Å²) in [5.74, 6) is -0.249. The van der Waals surface area contributed by atoms with Crippen molar-refractivity contribution >= 4 is 17.2 Å². The van der Waals surface area contributed by atoms with E-state index in [4.69, 9.17) is 0 Å². The van der Waals surface area contributed by atoms with Crippen LogP contribution in [0.3, 0.4) is 0 Å². The highest BCUT2D eigenvalue weighted by atomic mass is 19.1. The normalized spacial score (nSPS) is 10.6. The number of pyridine rings is 1. The Labute approximate surface area is 93.1 Å². The summed E-state index contributed by atoms with van der Waals surface area (Å²) in [4.78, 5) is 14.5. The lowest BCUT2D eigenvalue weighted by Crippen LogP contribution is -1.92. The molecule has 1 aromatic heterocycles. The number of halogens is 1. The maximum atomic E-state index is 13.3. The topological polar surface area (TPSA) is 30.0 Å². The molecule has 0 radical (unpaired) electrons. The highest BCUT2D eigenvalue weighted by Crippen LogP contribution is 2.19. The number of benzene rings is 1. The van der Waals surface area contributed by atoms with Crippen LogP contribution < -0.4 is 0 Å². The first kappa shape index (κ1) is 10.7. The van der Waals surface area contributed by atoms with Gasteiger partial charge < -0.3 is 4.79 Å². The number of unbranched alkanes of at least 4 members (excludes halogenated alkanes) is 1. The largest absolute Gasteiger partial charge is 0.303 e. The number of hydrogen-bond donors (Lipinski definition) is 0. The third-order valence-corrected chi connectivity index (χ3v) is 2.52. The summed E-state index contributed by atoms with van der Waals surface area (Å²) in [5.41, 5.74) is 1.70. The Bertz CT molecular complexity index is 510. The molecule has 0 saturated carbocycles. The molecule has 0 atom stereocenters. The van der Waals surface area contributed by atoms with Crippen molar-refractivity contribution in [3.05, 3.63) is 41.8 Å². The summed E-state index contributed by atoms with van der Waals surface area (Å²) in [6, 6.07) is 6.61. The number of nitrogens with zero attached hydrogens (tertiary/aromatic N) is 1. The molecule has 3 heteroatoms. The Balaban J connectivity index is 2.38. The Morgan fingerprint density at radius 2 is 2.25 bits per heavy atom. The van der Waals surface area contributed by atoms with Crippen LogP contribution in [0.25, 0.3) is 10.9 Å². The van der Waals surface area contributed by atoms with Gasteiger partial charge in [0.25, 0.3) is 0 Å². The fourth-order valence-electron chi connectivity index (χ4n) is 1.79. The van der Waals surface area contributed by atoms with Crippen LogP contribution >= 0.6 is 0 Å². The average Bonchev–Trinajstić information content (AvgIpc) is 2.29. The monoisotopic (exact) mass is 217 g/mol. The zero-order valence-electron chi connectivity index (χ0n) is 8.82. The van der Waals surface area contributed by atoms with Gasteiger partial charge in [-0.3, -0.25) is 4.98 Å². The third-order valence-electron chi connectivity index (χ3n) is 2.52. The standard InChI is InChI=1S/C13H12FNO/c14-12-8-10(4-1-2-7-16)13-11(9-12)5-3-6-15-13/h3,5-9H,1-2,4H2. The molecule has 0 saturated heterocycles. The first-order chi connectivity index (χ1) is 7.81. The molecule has 0 aliphatic carbocycles. The van der Waals surface area contributed by atoms with Crippen molar-refractivity contribution in [3.8, 4) is 0 Å². The van der Waals surface area contributed by atoms with E-state index in [1.54, 1.807) is 12.3 Å². The molecular weight excluding hydrogens is 205 g/mol. The minimum atomic E-state index is -0.249. The van der Waals surface area contributed by atoms with E-state index in [-0.39, 0.29) is 5.82 Å². The lowest BCUT2D eigenvalue weighted by atomic mass is 10.0. The molecule has 0 fully saturated rings. The van der Waals surface area contributed by atoms with Crippen LogP contribution in [0.5, 0.6) is 0 Å². The predicted octanol–water partition coefficient (Wildman–Crippen LogP) is 2.90. The molecule has 0 unspecified atom stereocenters. The first-order valence-corrected chi connectivity index (χ1v) is 5.28. The van der Waals surface area contributed by atoms with E-state index in [2.05, 4.69) is 4.98 Å². The van der Waals surface area contributed by atoms with Crippen LogP contribution in [0.2, 0.25) is 0 Å². The second-order valence-electron chi connectivity index (χ2n) is 3.70. The van der Waals surface area contributed by atoms with Gasteiger partial charge in [0, 0.05) is 18.0 Å². The Hall–Kier alpha value is -1.77. The second-order valence-corrected chi connectivity index (χ2v) is 3.70. The smallest absolute Gasteiger partial charge is 0.124 e. The molecule has 0 amide bonds. The number of fused-ring (bicyclic) bond motifs is 1. The fourth-order valence-corrected chi connectivity index (χ4v) is 1.79. The van der Waals surface area contributed by atoms with Crippen molar-refractivity contribution in [1.82, 2.24) is 4.98 Å². The van der Waals surface area contributed by atoms with Crippen molar-refractivity contribution in [2.75, 3.05) is 0 Å². The fraction of sp³-hybridized carbons (Fsp3) is 0.231. The van der Waals surface area contributed by atoms with Crippen LogP contribution in [0.4, 0.5) is 4.39 Å². The summed E-state index contributed by atoms with van der Waals surface area (Å²) in [5, 5.41) is 0.809. The van der Waals surface area contributed by atoms with Crippen LogP contribution in [-0.4, -0.2) is 11.3 Å². The van der Waals surface area contributed by atoms with E-state index in [0.29, 0.717) is 12.8 Å². The number of hydrogen-bond acceptors (Lipinski definition) is 2. The minimum Gasteiger partial charge on any atom is -0.303 e. The molecule has 0 aliphatic rings. The molecule has 2 aromatic rings. The first-order valence-electron chi connectivity index (χ1n) is 5.28. The van der Waals surface area contributed by atoms with E-state index in [9.17, 15) is 9.18 Å². The van der Waals surface area contributed by atoms with Crippen molar-refractivity contribution in [2.45, 2.75) is 19.3 Å². The molecule has 16 heavy (non-hydrogen) atoms. The molecule has 2 rings (SSSR count). The van der Waals surface area contributed by atoms with Gasteiger partial charge in [-0.1, -0.05) is 6.07 Å². The molecule has 82 valence electrons. The Morgan fingerprint density at radius 3 is 3.06 bits per heavy atom. The maximum Gasteiger partial charge on any atom is 0.124 e. The summed E-state index contributed by atoms with van der Waals surface area (Å²) < 4.78 is 13.3. The van der Waals surface area contributed by atoms with E-state index in [1.165, 1.54) is 12.1 Å². The number of aldehydes is 1. The van der Waals surface area contributed by atoms with E-state index in [0.717, 1.165) is 29.2 Å². The van der Waals surface area contributed by atoms with Gasteiger partial charge >= 0.3 is 0 Å². The van der Waals surface area contributed by atoms with Crippen LogP contribution in [0.15, 0.2) is 30.5 Å². The lowest BCUT2D eigenvalue weighted by molar-refractivity contribution is -0.107. The number of carbonyl (C=O) groups excluding carboxylic acids is 1. The van der Waals surface area contributed by atoms with E-state index < -0.39 is 0 Å². The van der Waals surface area contributed by atoms with Crippen molar-refractivity contribution in [2.24, 2.45) is 0 Å². The van der Waals surface area contributed by atoms with E-state index >= 15 is 0 Å². The van der Waals surface area contributed by atoms with Crippen LogP contribution in [-0.2, 0) is 11.2 Å². The van der Waals surface area contributed by atoms with E-state index in [1.807, 2.05) is 6.07 Å². The average molecular weight is 217 g/mol. The molecular formula is C13H12FNO. The molecule has 2 nitrogen and oxygen atoms in total. The van der Waals surface area contributed by atoms with Crippen LogP contribution in [0.1, 0.15) is 18.4 Å². The summed E-state index contributed by atoms with van der Waals surface area (Å²) >= 11 is 0. The zero-order chi connectivity index (χ0) is 11.4. The number of rotatable bonds is 4. The minimum absolute atomic E-state index is 0.249. The van der Waals surface area contributed by atoms with Gasteiger partial charge in [-0.15, -0.1) is 0 Å². The SMILES string of the molecule is O=CCCCc1cc(F)cc2cccnc12. The van der Waals surface area contributed by atoms with Crippen molar-refractivity contribution in [1.29, 1.82) is 0 Å². The van der Waals surface area contributed by atoms with Crippen LogP contribution in [0, 0.1) is 5.82 Å². The number of carbonyl (C=O) groups is 1. The third kappa shape index (κ3) is 2.24. The van der Waals surface area contributed by atoms with Gasteiger partial charge in [-0.2, -0.15) is 0 Å². The maximum absolute atomic E-state index is 13.3. The summed E-state index contributed by atoms with van der Waals surface area (Å²) in [6.07, 6.45) is 4.51. The van der Waals surface area contributed by atoms with Gasteiger partial charge in [0.2, 0.25) is 0 Å². The highest BCUT2D eigenvalue weighted by molar-refractivity contribution is 5.81. The van der Waals surface area contributed by atoms with Gasteiger partial charge in [-0.25, -0.2) is 4.39 Å². The molecule has 0 bridgehead atoms. The Morgan fingerprint density at radius 1 is 1.38 bits per heavy atom. The summed E-state index contributed by atoms with van der Waals surface area (Å²) in [6.45, 7) is 0. The van der Waals surface area contributed by atoms with Gasteiger partial charge in [0.1, 0.15) is 12.1 Å². The second kappa shape index (κ2) is 4.84. The number of aryl methyl sites for hydroxylation is 1. The quantitative estimate of drug-likeness (QED) is 0.582. The van der Waals surface area contributed by atoms with Crippen molar-refractivity contribution in [3.63, 3.8) is 0 Å². The lowest BCUT2D eigenvalue weighted by Gasteiger charge is -2.05. The van der Waals surface area contributed by atoms with Gasteiger partial charge in [-0.05, 0) is 36.6 Å². The Kier molecular flexibility index (Phi) is 3.25. The van der Waals surface area contributed by atoms with Gasteiger partial charge in [0.05, 0.1) is 5.52 Å². The number of aromatic nitrogens is 1. The molecule has 0 spiro atoms. The van der Waals surface area contributed by atoms with Crippen molar-refractivity contribution < 1.29 is 9.18 Å². The van der Waals surface area contributed by atoms with Gasteiger partial charge in [0.15, 0.2) is 0 Å². The summed E-state index contributed by atoms with van der Waals surface area (Å²) in [7, 11) is 0. The zero-order valence-corrected chi connectivity index (χ0v) is 8.82. The highest BCUT2D eigenvalue weighted by Gasteiger charge is 2.04. The molecule has 0 aliphatic heterocycles. The molecule has 1 aromatic carbocycles. The molecule has 0 N–H and O–H groups in total. The predicted molar refractivity (Wildman–Crippen MR) is 60.7 cm³/mol. The molecule has 1 heterocycles.